The first-order chi connectivity index (χ1) is 4.74. The standard InChI is InChI=1S/C6H8FNO2/c7-2-4-1-5(6(9)10)8-3-4/h2,5,8H,1,3H2,(H,9,10)/b4-2+/t5-/m0/s1. The molecule has 0 unspecified atom stereocenters. The molecular formula is C6H8FNO2. The molecule has 0 aliphatic carbocycles. The van der Waals surface area contributed by atoms with Gasteiger partial charge < -0.3 is 10.4 Å². The predicted molar refractivity (Wildman–Crippen MR) is 33.2 cm³/mol. The lowest BCUT2D eigenvalue weighted by Gasteiger charge is -1.99. The number of carboxylic acid groups (broad SMARTS) is 1. The fraction of sp³-hybridized carbons (Fsp3) is 0.500. The van der Waals surface area contributed by atoms with Crippen LogP contribution in [-0.4, -0.2) is 23.7 Å². The molecular weight excluding hydrogens is 137 g/mol. The molecule has 1 rings (SSSR count). The van der Waals surface area contributed by atoms with Gasteiger partial charge in [-0.25, -0.2) is 4.39 Å². The summed E-state index contributed by atoms with van der Waals surface area (Å²) in [5, 5.41) is 11.1. The number of carboxylic acids is 1. The van der Waals surface area contributed by atoms with E-state index >= 15 is 0 Å². The number of hydrogen-bond donors (Lipinski definition) is 2. The largest absolute Gasteiger partial charge is 0.480 e. The fourth-order valence-electron chi connectivity index (χ4n) is 0.919. The molecule has 3 nitrogen and oxygen atoms in total. The van der Waals surface area contributed by atoms with Crippen LogP contribution in [0.25, 0.3) is 0 Å². The van der Waals surface area contributed by atoms with Crippen molar-refractivity contribution in [3.63, 3.8) is 0 Å². The molecule has 10 heavy (non-hydrogen) atoms. The zero-order valence-corrected chi connectivity index (χ0v) is 5.30. The smallest absolute Gasteiger partial charge is 0.321 e. The van der Waals surface area contributed by atoms with Crippen LogP contribution in [0.15, 0.2) is 11.9 Å². The molecule has 1 aliphatic heterocycles. The lowest BCUT2D eigenvalue weighted by Crippen LogP contribution is -2.29. The van der Waals surface area contributed by atoms with Crippen molar-refractivity contribution < 1.29 is 14.3 Å². The zero-order chi connectivity index (χ0) is 7.56. The molecule has 0 aromatic rings. The van der Waals surface area contributed by atoms with Crippen LogP contribution in [-0.2, 0) is 4.79 Å². The van der Waals surface area contributed by atoms with Crippen LogP contribution in [0.5, 0.6) is 0 Å². The Bertz CT molecular complexity index is 179. The maximum absolute atomic E-state index is 11.7. The van der Waals surface area contributed by atoms with Gasteiger partial charge in [-0.05, 0) is 12.0 Å². The molecule has 1 heterocycles. The molecule has 56 valence electrons. The Kier molecular flexibility index (Phi) is 2.01. The topological polar surface area (TPSA) is 49.3 Å². The van der Waals surface area contributed by atoms with Gasteiger partial charge >= 0.3 is 5.97 Å². The summed E-state index contributed by atoms with van der Waals surface area (Å²) in [7, 11) is 0. The number of carbonyl (C=O) groups is 1. The van der Waals surface area contributed by atoms with E-state index < -0.39 is 12.0 Å². The molecule has 0 amide bonds. The van der Waals surface area contributed by atoms with Crippen molar-refractivity contribution >= 4 is 5.97 Å². The first-order valence-electron chi connectivity index (χ1n) is 2.98. The molecule has 1 aliphatic rings. The summed E-state index contributed by atoms with van der Waals surface area (Å²) in [6.45, 7) is 0.355. The Hall–Kier alpha value is -0.900. The average molecular weight is 145 g/mol. The molecule has 2 N–H and O–H groups in total. The van der Waals surface area contributed by atoms with Crippen LogP contribution >= 0.6 is 0 Å². The minimum absolute atomic E-state index is 0.284. The quantitative estimate of drug-likeness (QED) is 0.557. The highest BCUT2D eigenvalue weighted by atomic mass is 19.1. The average Bonchev–Trinajstić information content (AvgIpc) is 2.34. The number of hydrogen-bond acceptors (Lipinski definition) is 2. The van der Waals surface area contributed by atoms with Gasteiger partial charge in [-0.1, -0.05) is 0 Å². The van der Waals surface area contributed by atoms with Crippen molar-refractivity contribution in [2.45, 2.75) is 12.5 Å². The highest BCUT2D eigenvalue weighted by Crippen LogP contribution is 2.12. The Morgan fingerprint density at radius 1 is 1.90 bits per heavy atom. The highest BCUT2D eigenvalue weighted by molar-refractivity contribution is 5.74. The number of halogens is 1. The van der Waals surface area contributed by atoms with Crippen molar-refractivity contribution in [3.8, 4) is 0 Å². The van der Waals surface area contributed by atoms with Crippen molar-refractivity contribution in [1.82, 2.24) is 5.32 Å². The van der Waals surface area contributed by atoms with E-state index in [0.717, 1.165) is 0 Å². The summed E-state index contributed by atoms with van der Waals surface area (Å²) in [4.78, 5) is 10.3. The van der Waals surface area contributed by atoms with Crippen LogP contribution in [0.3, 0.4) is 0 Å². The Balaban J connectivity index is 2.51. The third-order valence-corrected chi connectivity index (χ3v) is 1.49. The molecule has 0 aromatic carbocycles. The predicted octanol–water partition coefficient (Wildman–Crippen LogP) is 0.286. The number of rotatable bonds is 1. The molecule has 0 spiro atoms. The molecule has 4 heteroatoms. The van der Waals surface area contributed by atoms with Crippen LogP contribution in [0.1, 0.15) is 6.42 Å². The zero-order valence-electron chi connectivity index (χ0n) is 5.30. The lowest BCUT2D eigenvalue weighted by molar-refractivity contribution is -0.138. The summed E-state index contributed by atoms with van der Waals surface area (Å²) < 4.78 is 11.7. The molecule has 0 bridgehead atoms. The van der Waals surface area contributed by atoms with E-state index in [4.69, 9.17) is 5.11 Å². The highest BCUT2D eigenvalue weighted by Gasteiger charge is 2.24. The normalized spacial score (nSPS) is 29.3. The van der Waals surface area contributed by atoms with E-state index in [1.807, 2.05) is 0 Å². The lowest BCUT2D eigenvalue weighted by atomic mass is 10.2. The maximum Gasteiger partial charge on any atom is 0.321 e. The van der Waals surface area contributed by atoms with E-state index in [1.165, 1.54) is 0 Å². The van der Waals surface area contributed by atoms with Crippen molar-refractivity contribution in [2.24, 2.45) is 0 Å². The third kappa shape index (κ3) is 1.33. The molecule has 1 fully saturated rings. The van der Waals surface area contributed by atoms with Gasteiger partial charge in [0, 0.05) is 6.54 Å². The van der Waals surface area contributed by atoms with Gasteiger partial charge in [-0.2, -0.15) is 0 Å². The Morgan fingerprint density at radius 3 is 2.90 bits per heavy atom. The molecule has 1 saturated heterocycles. The molecule has 0 aromatic heterocycles. The van der Waals surface area contributed by atoms with Crippen molar-refractivity contribution in [3.05, 3.63) is 11.9 Å². The van der Waals surface area contributed by atoms with Gasteiger partial charge in [0.25, 0.3) is 0 Å². The van der Waals surface area contributed by atoms with Gasteiger partial charge in [-0.15, -0.1) is 0 Å². The maximum atomic E-state index is 11.7. The number of nitrogens with one attached hydrogen (secondary N) is 1. The summed E-state index contributed by atoms with van der Waals surface area (Å²) in [5.74, 6) is -0.920. The van der Waals surface area contributed by atoms with Gasteiger partial charge in [0.15, 0.2) is 0 Å². The van der Waals surface area contributed by atoms with E-state index in [9.17, 15) is 9.18 Å². The third-order valence-electron chi connectivity index (χ3n) is 1.49. The van der Waals surface area contributed by atoms with Crippen LogP contribution in [0.4, 0.5) is 4.39 Å². The van der Waals surface area contributed by atoms with Crippen LogP contribution < -0.4 is 5.32 Å². The second-order valence-corrected chi connectivity index (χ2v) is 2.24. The molecule has 1 atom stereocenters. The molecule has 0 saturated carbocycles. The second kappa shape index (κ2) is 2.79. The SMILES string of the molecule is O=C(O)[C@@H]1C/C(=C\F)CN1. The first kappa shape index (κ1) is 7.21. The van der Waals surface area contributed by atoms with E-state index in [2.05, 4.69) is 5.32 Å². The van der Waals surface area contributed by atoms with Gasteiger partial charge in [-0.3, -0.25) is 4.79 Å². The van der Waals surface area contributed by atoms with Gasteiger partial charge in [0.2, 0.25) is 0 Å². The van der Waals surface area contributed by atoms with E-state index in [1.54, 1.807) is 0 Å². The fourth-order valence-corrected chi connectivity index (χ4v) is 0.919. The van der Waals surface area contributed by atoms with E-state index in [0.29, 0.717) is 18.4 Å². The number of aliphatic carboxylic acids is 1. The van der Waals surface area contributed by atoms with Crippen LogP contribution in [0, 0.1) is 0 Å². The van der Waals surface area contributed by atoms with Gasteiger partial charge in [0.05, 0.1) is 6.33 Å². The first-order valence-corrected chi connectivity index (χ1v) is 2.98. The molecule has 0 radical (unpaired) electrons. The van der Waals surface area contributed by atoms with Gasteiger partial charge in [0.1, 0.15) is 6.04 Å². The monoisotopic (exact) mass is 145 g/mol. The summed E-state index contributed by atoms with van der Waals surface area (Å²) in [6.07, 6.45) is 0.752. The summed E-state index contributed by atoms with van der Waals surface area (Å²) in [6, 6.07) is -0.595. The summed E-state index contributed by atoms with van der Waals surface area (Å²) >= 11 is 0. The Morgan fingerprint density at radius 2 is 2.60 bits per heavy atom. The Labute approximate surface area is 57.5 Å². The summed E-state index contributed by atoms with van der Waals surface area (Å²) in [5.41, 5.74) is 0.521. The second-order valence-electron chi connectivity index (χ2n) is 2.24. The van der Waals surface area contributed by atoms with Crippen molar-refractivity contribution in [2.75, 3.05) is 6.54 Å². The minimum Gasteiger partial charge on any atom is -0.480 e. The minimum atomic E-state index is -0.920. The van der Waals surface area contributed by atoms with Crippen molar-refractivity contribution in [1.29, 1.82) is 0 Å². The van der Waals surface area contributed by atoms with Crippen LogP contribution in [0.2, 0.25) is 0 Å². The van der Waals surface area contributed by atoms with E-state index in [-0.39, 0.29) is 6.42 Å².